The highest BCUT2D eigenvalue weighted by Crippen LogP contribution is 2.23. The molecule has 94 valence electrons. The smallest absolute Gasteiger partial charge is 0.246 e. The van der Waals surface area contributed by atoms with Crippen molar-refractivity contribution < 1.29 is 17.2 Å². The molecule has 0 bridgehead atoms. The number of halogens is 2. The van der Waals surface area contributed by atoms with Crippen LogP contribution in [-0.2, 0) is 10.0 Å². The van der Waals surface area contributed by atoms with E-state index in [1.165, 1.54) is 0 Å². The first-order chi connectivity index (χ1) is 7.91. The lowest BCUT2D eigenvalue weighted by atomic mass is 10.3. The van der Waals surface area contributed by atoms with Gasteiger partial charge < -0.3 is 5.73 Å². The molecule has 1 aliphatic rings. The van der Waals surface area contributed by atoms with E-state index in [4.69, 9.17) is 5.73 Å². The topological polar surface area (TPSA) is 63.4 Å². The molecule has 2 N–H and O–H groups in total. The van der Waals surface area contributed by atoms with Crippen molar-refractivity contribution in [1.82, 2.24) is 4.31 Å². The summed E-state index contributed by atoms with van der Waals surface area (Å²) in [5, 5.41) is 0. The Morgan fingerprint density at radius 1 is 1.35 bits per heavy atom. The largest absolute Gasteiger partial charge is 0.326 e. The fourth-order valence-electron chi connectivity index (χ4n) is 1.79. The maximum Gasteiger partial charge on any atom is 0.246 e. The normalized spacial score (nSPS) is 21.9. The lowest BCUT2D eigenvalue weighted by Crippen LogP contribution is -2.32. The minimum absolute atomic E-state index is 0.137. The van der Waals surface area contributed by atoms with Crippen LogP contribution in [0.5, 0.6) is 0 Å². The van der Waals surface area contributed by atoms with Gasteiger partial charge in [0.2, 0.25) is 10.0 Å². The minimum Gasteiger partial charge on any atom is -0.326 e. The predicted molar refractivity (Wildman–Crippen MR) is 57.7 cm³/mol. The Labute approximate surface area is 98.1 Å². The van der Waals surface area contributed by atoms with Crippen LogP contribution in [0.2, 0.25) is 0 Å². The maximum absolute atomic E-state index is 13.4. The number of sulfonamides is 1. The summed E-state index contributed by atoms with van der Waals surface area (Å²) >= 11 is 0. The van der Waals surface area contributed by atoms with E-state index >= 15 is 0 Å². The number of rotatable bonds is 2. The molecular formula is C10H12F2N2O2S. The van der Waals surface area contributed by atoms with Crippen LogP contribution in [0.4, 0.5) is 8.78 Å². The van der Waals surface area contributed by atoms with Gasteiger partial charge in [0.25, 0.3) is 0 Å². The van der Waals surface area contributed by atoms with E-state index in [1.807, 2.05) is 0 Å². The molecule has 0 amide bonds. The average molecular weight is 262 g/mol. The first kappa shape index (κ1) is 12.4. The van der Waals surface area contributed by atoms with E-state index in [1.54, 1.807) is 0 Å². The zero-order valence-corrected chi connectivity index (χ0v) is 9.75. The molecule has 17 heavy (non-hydrogen) atoms. The van der Waals surface area contributed by atoms with Crippen LogP contribution >= 0.6 is 0 Å². The van der Waals surface area contributed by atoms with Crippen LogP contribution in [-0.4, -0.2) is 31.9 Å². The third-order valence-electron chi connectivity index (χ3n) is 2.70. The molecule has 0 radical (unpaired) electrons. The van der Waals surface area contributed by atoms with Gasteiger partial charge in [-0.15, -0.1) is 0 Å². The van der Waals surface area contributed by atoms with Crippen molar-refractivity contribution in [3.63, 3.8) is 0 Å². The minimum atomic E-state index is -3.99. The summed E-state index contributed by atoms with van der Waals surface area (Å²) in [6.07, 6.45) is 0.524. The second-order valence-corrected chi connectivity index (χ2v) is 5.89. The summed E-state index contributed by atoms with van der Waals surface area (Å²) < 4.78 is 51.5. The molecule has 0 unspecified atom stereocenters. The van der Waals surface area contributed by atoms with Gasteiger partial charge in [-0.3, -0.25) is 0 Å². The van der Waals surface area contributed by atoms with Gasteiger partial charge in [-0.2, -0.15) is 4.31 Å². The Balaban J connectivity index is 2.41. The molecule has 4 nitrogen and oxygen atoms in total. The predicted octanol–water partition coefficient (Wildman–Crippen LogP) is 0.686. The molecule has 0 saturated carbocycles. The standard InChI is InChI=1S/C10H12F2N2O2S/c11-7-1-2-9(12)10(5-7)17(15,16)14-4-3-8(13)6-14/h1-2,5,8H,3-4,6,13H2/t8-/m1/s1. The van der Waals surface area contributed by atoms with Gasteiger partial charge in [-0.25, -0.2) is 17.2 Å². The average Bonchev–Trinajstić information content (AvgIpc) is 2.69. The van der Waals surface area contributed by atoms with Crippen molar-refractivity contribution in [3.05, 3.63) is 29.8 Å². The zero-order chi connectivity index (χ0) is 12.6. The van der Waals surface area contributed by atoms with Gasteiger partial charge in [0.15, 0.2) is 0 Å². The molecule has 0 aromatic heterocycles. The Bertz CT molecular complexity index is 533. The number of hydrogen-bond donors (Lipinski definition) is 1. The summed E-state index contributed by atoms with van der Waals surface area (Å²) in [6, 6.07) is 2.12. The third kappa shape index (κ3) is 2.31. The van der Waals surface area contributed by atoms with Gasteiger partial charge in [0.05, 0.1) is 0 Å². The third-order valence-corrected chi connectivity index (χ3v) is 4.58. The van der Waals surface area contributed by atoms with Crippen LogP contribution in [0, 0.1) is 11.6 Å². The fraction of sp³-hybridized carbons (Fsp3) is 0.400. The summed E-state index contributed by atoms with van der Waals surface area (Å²) in [5.74, 6) is -1.74. The highest BCUT2D eigenvalue weighted by atomic mass is 32.2. The SMILES string of the molecule is N[C@@H]1CCN(S(=O)(=O)c2cc(F)ccc2F)C1. The quantitative estimate of drug-likeness (QED) is 0.852. The molecule has 1 aromatic carbocycles. The molecule has 0 aliphatic carbocycles. The van der Waals surface area contributed by atoms with E-state index in [-0.39, 0.29) is 19.1 Å². The highest BCUT2D eigenvalue weighted by Gasteiger charge is 2.32. The molecule has 1 atom stereocenters. The number of nitrogens with two attached hydrogens (primary N) is 1. The molecule has 1 heterocycles. The molecule has 1 fully saturated rings. The summed E-state index contributed by atoms with van der Waals surface area (Å²) in [4.78, 5) is -0.633. The number of hydrogen-bond acceptors (Lipinski definition) is 3. The Hall–Kier alpha value is -1.05. The first-order valence-electron chi connectivity index (χ1n) is 5.12. The highest BCUT2D eigenvalue weighted by molar-refractivity contribution is 7.89. The lowest BCUT2D eigenvalue weighted by Gasteiger charge is -2.16. The van der Waals surface area contributed by atoms with E-state index in [0.717, 1.165) is 16.4 Å². The molecule has 0 spiro atoms. The van der Waals surface area contributed by atoms with Crippen molar-refractivity contribution in [1.29, 1.82) is 0 Å². The van der Waals surface area contributed by atoms with Crippen molar-refractivity contribution in [3.8, 4) is 0 Å². The van der Waals surface area contributed by atoms with E-state index in [0.29, 0.717) is 12.5 Å². The molecule has 2 rings (SSSR count). The number of benzene rings is 1. The molecule has 1 saturated heterocycles. The summed E-state index contributed by atoms with van der Waals surface area (Å²) in [7, 11) is -3.99. The van der Waals surface area contributed by atoms with Crippen LogP contribution in [0.25, 0.3) is 0 Å². The fourth-order valence-corrected chi connectivity index (χ4v) is 3.37. The van der Waals surface area contributed by atoms with Gasteiger partial charge in [0, 0.05) is 19.1 Å². The van der Waals surface area contributed by atoms with Crippen molar-refractivity contribution in [2.24, 2.45) is 5.73 Å². The molecule has 1 aromatic rings. The Morgan fingerprint density at radius 2 is 2.06 bits per heavy atom. The van der Waals surface area contributed by atoms with Crippen LogP contribution in [0.15, 0.2) is 23.1 Å². The van der Waals surface area contributed by atoms with Crippen LogP contribution in [0.1, 0.15) is 6.42 Å². The van der Waals surface area contributed by atoms with Crippen molar-refractivity contribution in [2.45, 2.75) is 17.4 Å². The van der Waals surface area contributed by atoms with Gasteiger partial charge >= 0.3 is 0 Å². The first-order valence-corrected chi connectivity index (χ1v) is 6.56. The van der Waals surface area contributed by atoms with Crippen molar-refractivity contribution >= 4 is 10.0 Å². The summed E-state index contributed by atoms with van der Waals surface area (Å²) in [5.41, 5.74) is 5.59. The molecular weight excluding hydrogens is 250 g/mol. The Morgan fingerprint density at radius 3 is 2.65 bits per heavy atom. The van der Waals surface area contributed by atoms with E-state index in [9.17, 15) is 17.2 Å². The molecule has 7 heteroatoms. The Kier molecular flexibility index (Phi) is 3.15. The summed E-state index contributed by atoms with van der Waals surface area (Å²) in [6.45, 7) is 0.373. The molecule has 1 aliphatic heterocycles. The zero-order valence-electron chi connectivity index (χ0n) is 8.94. The van der Waals surface area contributed by atoms with E-state index < -0.39 is 26.6 Å². The van der Waals surface area contributed by atoms with Crippen LogP contribution in [0.3, 0.4) is 0 Å². The second-order valence-electron chi connectivity index (χ2n) is 3.99. The van der Waals surface area contributed by atoms with Crippen LogP contribution < -0.4 is 5.73 Å². The maximum atomic E-state index is 13.4. The van der Waals surface area contributed by atoms with Gasteiger partial charge in [-0.05, 0) is 24.6 Å². The second kappa shape index (κ2) is 4.32. The van der Waals surface area contributed by atoms with Gasteiger partial charge in [-0.1, -0.05) is 0 Å². The number of nitrogens with zero attached hydrogens (tertiary/aromatic N) is 1. The lowest BCUT2D eigenvalue weighted by molar-refractivity contribution is 0.463. The monoisotopic (exact) mass is 262 g/mol. The van der Waals surface area contributed by atoms with E-state index in [2.05, 4.69) is 0 Å². The van der Waals surface area contributed by atoms with Crippen molar-refractivity contribution in [2.75, 3.05) is 13.1 Å². The van der Waals surface area contributed by atoms with Gasteiger partial charge in [0.1, 0.15) is 16.5 Å².